The summed E-state index contributed by atoms with van der Waals surface area (Å²) in [6.07, 6.45) is 3.29. The average molecular weight is 266 g/mol. The van der Waals surface area contributed by atoms with Gasteiger partial charge in [-0.3, -0.25) is 9.58 Å². The highest BCUT2D eigenvalue weighted by atomic mass is 16.5. The molecule has 1 aliphatic rings. The summed E-state index contributed by atoms with van der Waals surface area (Å²) in [6.45, 7) is 10.4. The molecule has 0 radical (unpaired) electrons. The lowest BCUT2D eigenvalue weighted by Gasteiger charge is -2.26. The molecule has 1 unspecified atom stereocenters. The molecule has 1 saturated heterocycles. The number of rotatable bonds is 6. The van der Waals surface area contributed by atoms with Gasteiger partial charge in [-0.25, -0.2) is 0 Å². The van der Waals surface area contributed by atoms with Crippen LogP contribution in [-0.4, -0.2) is 54.1 Å². The number of nitrogens with one attached hydrogen (secondary N) is 1. The van der Waals surface area contributed by atoms with Crippen molar-refractivity contribution in [3.05, 3.63) is 17.5 Å². The average Bonchev–Trinajstić information content (AvgIpc) is 2.75. The Labute approximate surface area is 115 Å². The number of aryl methyl sites for hydroxylation is 2. The Morgan fingerprint density at radius 1 is 1.42 bits per heavy atom. The molecule has 1 atom stereocenters. The first-order valence-electron chi connectivity index (χ1n) is 7.20. The molecule has 1 N–H and O–H groups in total. The second kappa shape index (κ2) is 7.03. The Balaban J connectivity index is 1.66. The molecular weight excluding hydrogens is 240 g/mol. The van der Waals surface area contributed by atoms with E-state index in [2.05, 4.69) is 35.4 Å². The Morgan fingerprint density at radius 3 is 2.79 bits per heavy atom. The molecule has 5 heteroatoms. The summed E-state index contributed by atoms with van der Waals surface area (Å²) in [5.74, 6) is 0. The summed E-state index contributed by atoms with van der Waals surface area (Å²) in [5, 5.41) is 7.97. The van der Waals surface area contributed by atoms with Gasteiger partial charge in [0.1, 0.15) is 0 Å². The van der Waals surface area contributed by atoms with Crippen LogP contribution in [-0.2, 0) is 11.8 Å². The van der Waals surface area contributed by atoms with Crippen molar-refractivity contribution in [2.24, 2.45) is 7.05 Å². The minimum atomic E-state index is 0.374. The van der Waals surface area contributed by atoms with Crippen molar-refractivity contribution in [2.75, 3.05) is 39.4 Å². The van der Waals surface area contributed by atoms with Crippen molar-refractivity contribution in [1.82, 2.24) is 20.0 Å². The van der Waals surface area contributed by atoms with Gasteiger partial charge in [-0.05, 0) is 33.4 Å². The van der Waals surface area contributed by atoms with Gasteiger partial charge in [0.15, 0.2) is 0 Å². The van der Waals surface area contributed by atoms with Crippen molar-refractivity contribution in [3.8, 4) is 0 Å². The first-order chi connectivity index (χ1) is 9.16. The predicted molar refractivity (Wildman–Crippen MR) is 76.2 cm³/mol. The third-order valence-electron chi connectivity index (χ3n) is 3.72. The lowest BCUT2D eigenvalue weighted by Crippen LogP contribution is -2.37. The van der Waals surface area contributed by atoms with Gasteiger partial charge in [0.2, 0.25) is 0 Å². The fraction of sp³-hybridized carbons (Fsp3) is 0.786. The SMILES string of the molecule is Cc1nn(C)cc1C(C)NCCCN1CCOCC1. The molecule has 0 aromatic carbocycles. The van der Waals surface area contributed by atoms with Crippen LogP contribution in [0.4, 0.5) is 0 Å². The van der Waals surface area contributed by atoms with Crippen LogP contribution in [0.25, 0.3) is 0 Å². The first kappa shape index (κ1) is 14.5. The van der Waals surface area contributed by atoms with E-state index >= 15 is 0 Å². The van der Waals surface area contributed by atoms with E-state index in [4.69, 9.17) is 4.74 Å². The largest absolute Gasteiger partial charge is 0.379 e. The second-order valence-corrected chi connectivity index (χ2v) is 5.33. The van der Waals surface area contributed by atoms with Gasteiger partial charge < -0.3 is 10.1 Å². The molecule has 0 spiro atoms. The van der Waals surface area contributed by atoms with Crippen LogP contribution in [0, 0.1) is 6.92 Å². The van der Waals surface area contributed by atoms with Crippen LogP contribution in [0.5, 0.6) is 0 Å². The molecule has 0 saturated carbocycles. The van der Waals surface area contributed by atoms with Gasteiger partial charge in [-0.15, -0.1) is 0 Å². The zero-order valence-electron chi connectivity index (χ0n) is 12.4. The molecule has 5 nitrogen and oxygen atoms in total. The Kier molecular flexibility index (Phi) is 5.36. The van der Waals surface area contributed by atoms with Gasteiger partial charge >= 0.3 is 0 Å². The zero-order valence-corrected chi connectivity index (χ0v) is 12.4. The van der Waals surface area contributed by atoms with E-state index in [9.17, 15) is 0 Å². The fourth-order valence-electron chi connectivity index (χ4n) is 2.60. The maximum atomic E-state index is 5.35. The topological polar surface area (TPSA) is 42.3 Å². The molecule has 2 rings (SSSR count). The second-order valence-electron chi connectivity index (χ2n) is 5.33. The lowest BCUT2D eigenvalue weighted by atomic mass is 10.1. The highest BCUT2D eigenvalue weighted by molar-refractivity contribution is 5.19. The molecule has 19 heavy (non-hydrogen) atoms. The summed E-state index contributed by atoms with van der Waals surface area (Å²) in [4.78, 5) is 2.48. The van der Waals surface area contributed by atoms with E-state index in [1.165, 1.54) is 12.0 Å². The lowest BCUT2D eigenvalue weighted by molar-refractivity contribution is 0.0374. The predicted octanol–water partition coefficient (Wildman–Crippen LogP) is 1.10. The quantitative estimate of drug-likeness (QED) is 0.783. The molecule has 0 amide bonds. The molecule has 1 aliphatic heterocycles. The normalized spacial score (nSPS) is 18.7. The van der Waals surface area contributed by atoms with Crippen molar-refractivity contribution in [1.29, 1.82) is 0 Å². The molecule has 2 heterocycles. The third-order valence-corrected chi connectivity index (χ3v) is 3.72. The van der Waals surface area contributed by atoms with Crippen LogP contribution in [0.2, 0.25) is 0 Å². The van der Waals surface area contributed by atoms with E-state index in [1.54, 1.807) is 0 Å². The van der Waals surface area contributed by atoms with Crippen LogP contribution in [0.15, 0.2) is 6.20 Å². The van der Waals surface area contributed by atoms with E-state index in [0.717, 1.165) is 45.1 Å². The number of nitrogens with zero attached hydrogens (tertiary/aromatic N) is 3. The van der Waals surface area contributed by atoms with Crippen molar-refractivity contribution in [2.45, 2.75) is 26.3 Å². The molecule has 1 aromatic rings. The van der Waals surface area contributed by atoms with E-state index in [0.29, 0.717) is 6.04 Å². The van der Waals surface area contributed by atoms with Gasteiger partial charge in [0, 0.05) is 37.9 Å². The van der Waals surface area contributed by atoms with E-state index in [1.807, 2.05) is 11.7 Å². The van der Waals surface area contributed by atoms with Gasteiger partial charge in [0.05, 0.1) is 18.9 Å². The minimum absolute atomic E-state index is 0.374. The van der Waals surface area contributed by atoms with Crippen LogP contribution < -0.4 is 5.32 Å². The highest BCUT2D eigenvalue weighted by Crippen LogP contribution is 2.15. The number of hydrogen-bond donors (Lipinski definition) is 1. The Bertz CT molecular complexity index is 385. The monoisotopic (exact) mass is 266 g/mol. The van der Waals surface area contributed by atoms with Gasteiger partial charge in [-0.2, -0.15) is 5.10 Å². The first-order valence-corrected chi connectivity index (χ1v) is 7.20. The number of hydrogen-bond acceptors (Lipinski definition) is 4. The molecule has 0 aliphatic carbocycles. The van der Waals surface area contributed by atoms with Gasteiger partial charge in [0.25, 0.3) is 0 Å². The molecule has 1 fully saturated rings. The van der Waals surface area contributed by atoms with Crippen molar-refractivity contribution in [3.63, 3.8) is 0 Å². The summed E-state index contributed by atoms with van der Waals surface area (Å²) >= 11 is 0. The number of ether oxygens (including phenoxy) is 1. The molecule has 108 valence electrons. The van der Waals surface area contributed by atoms with Gasteiger partial charge in [-0.1, -0.05) is 0 Å². The van der Waals surface area contributed by atoms with Crippen LogP contribution >= 0.6 is 0 Å². The Morgan fingerprint density at radius 2 is 2.16 bits per heavy atom. The zero-order chi connectivity index (χ0) is 13.7. The Hall–Kier alpha value is -0.910. The number of morpholine rings is 1. The molecule has 0 bridgehead atoms. The summed E-state index contributed by atoms with van der Waals surface area (Å²) in [7, 11) is 1.97. The van der Waals surface area contributed by atoms with Crippen molar-refractivity contribution >= 4 is 0 Å². The molecular formula is C14H26N4O. The van der Waals surface area contributed by atoms with Crippen LogP contribution in [0.3, 0.4) is 0 Å². The number of aromatic nitrogens is 2. The summed E-state index contributed by atoms with van der Waals surface area (Å²) in [5.41, 5.74) is 2.42. The third kappa shape index (κ3) is 4.30. The summed E-state index contributed by atoms with van der Waals surface area (Å²) in [6, 6.07) is 0.374. The van der Waals surface area contributed by atoms with E-state index in [-0.39, 0.29) is 0 Å². The van der Waals surface area contributed by atoms with Crippen LogP contribution in [0.1, 0.15) is 30.6 Å². The van der Waals surface area contributed by atoms with Crippen molar-refractivity contribution < 1.29 is 4.74 Å². The minimum Gasteiger partial charge on any atom is -0.379 e. The highest BCUT2D eigenvalue weighted by Gasteiger charge is 2.12. The standard InChI is InChI=1S/C14H26N4O/c1-12(14-11-17(3)16-13(14)2)15-5-4-6-18-7-9-19-10-8-18/h11-12,15H,4-10H2,1-3H3. The van der Waals surface area contributed by atoms with E-state index < -0.39 is 0 Å². The summed E-state index contributed by atoms with van der Waals surface area (Å²) < 4.78 is 7.24. The smallest absolute Gasteiger partial charge is 0.0641 e. The maximum absolute atomic E-state index is 5.35. The fourth-order valence-corrected chi connectivity index (χ4v) is 2.60. The molecule has 1 aromatic heterocycles. The maximum Gasteiger partial charge on any atom is 0.0641 e.